The molecule has 2 aromatic carbocycles. The molecule has 0 aliphatic heterocycles. The van der Waals surface area contributed by atoms with E-state index in [-0.39, 0.29) is 0 Å². The van der Waals surface area contributed by atoms with Crippen LogP contribution in [0.1, 0.15) is 29.8 Å². The van der Waals surface area contributed by atoms with Crippen molar-refractivity contribution in [3.8, 4) is 5.69 Å². The molecule has 0 aliphatic carbocycles. The Morgan fingerprint density at radius 3 is 2.71 bits per heavy atom. The van der Waals surface area contributed by atoms with Crippen LogP contribution in [0.2, 0.25) is 0 Å². The SMILES string of the molecule is CC(C)CNCc1cccc(-n2ccc3cccc(C(N)=O)c32)c1. The molecule has 0 radical (unpaired) electrons. The number of carbonyl (C=O) groups excluding carboxylic acids is 1. The Morgan fingerprint density at radius 1 is 1.17 bits per heavy atom. The van der Waals surface area contributed by atoms with Crippen molar-refractivity contribution < 1.29 is 4.79 Å². The van der Waals surface area contributed by atoms with Crippen molar-refractivity contribution in [2.45, 2.75) is 20.4 Å². The number of amides is 1. The molecule has 1 heterocycles. The highest BCUT2D eigenvalue weighted by atomic mass is 16.1. The van der Waals surface area contributed by atoms with Crippen molar-refractivity contribution in [2.24, 2.45) is 11.7 Å². The summed E-state index contributed by atoms with van der Waals surface area (Å²) in [6.07, 6.45) is 1.98. The first-order valence-electron chi connectivity index (χ1n) is 8.26. The molecule has 3 N–H and O–H groups in total. The summed E-state index contributed by atoms with van der Waals surface area (Å²) < 4.78 is 2.03. The van der Waals surface area contributed by atoms with E-state index in [1.807, 2.05) is 41.1 Å². The molecule has 4 nitrogen and oxygen atoms in total. The lowest BCUT2D eigenvalue weighted by atomic mass is 10.1. The fourth-order valence-corrected chi connectivity index (χ4v) is 2.93. The van der Waals surface area contributed by atoms with Crippen LogP contribution in [0.5, 0.6) is 0 Å². The first kappa shape index (κ1) is 16.3. The summed E-state index contributed by atoms with van der Waals surface area (Å²) in [6.45, 7) is 6.21. The maximum atomic E-state index is 11.8. The summed E-state index contributed by atoms with van der Waals surface area (Å²) in [5, 5.41) is 4.47. The zero-order valence-corrected chi connectivity index (χ0v) is 14.1. The second-order valence-corrected chi connectivity index (χ2v) is 6.49. The van der Waals surface area contributed by atoms with E-state index in [4.69, 9.17) is 5.73 Å². The van der Waals surface area contributed by atoms with E-state index in [9.17, 15) is 4.79 Å². The molecule has 0 unspecified atom stereocenters. The Bertz CT molecular complexity index is 864. The number of nitrogens with zero attached hydrogens (tertiary/aromatic N) is 1. The Balaban J connectivity index is 1.97. The topological polar surface area (TPSA) is 60.1 Å². The number of para-hydroxylation sites is 1. The van der Waals surface area contributed by atoms with E-state index in [1.54, 1.807) is 6.07 Å². The molecule has 0 atom stereocenters. The highest BCUT2D eigenvalue weighted by molar-refractivity contribution is 6.05. The quantitative estimate of drug-likeness (QED) is 0.730. The molecule has 124 valence electrons. The largest absolute Gasteiger partial charge is 0.366 e. The van der Waals surface area contributed by atoms with Gasteiger partial charge in [-0.15, -0.1) is 0 Å². The monoisotopic (exact) mass is 321 g/mol. The van der Waals surface area contributed by atoms with Gasteiger partial charge in [0, 0.05) is 23.8 Å². The average Bonchev–Trinajstić information content (AvgIpc) is 2.98. The van der Waals surface area contributed by atoms with E-state index >= 15 is 0 Å². The van der Waals surface area contributed by atoms with Crippen molar-refractivity contribution in [1.29, 1.82) is 0 Å². The van der Waals surface area contributed by atoms with E-state index in [1.165, 1.54) is 5.56 Å². The van der Waals surface area contributed by atoms with E-state index in [0.717, 1.165) is 29.7 Å². The molecular weight excluding hydrogens is 298 g/mol. The van der Waals surface area contributed by atoms with Crippen molar-refractivity contribution in [3.05, 3.63) is 65.9 Å². The number of benzene rings is 2. The average molecular weight is 321 g/mol. The highest BCUT2D eigenvalue weighted by Gasteiger charge is 2.12. The fraction of sp³-hybridized carbons (Fsp3) is 0.250. The summed E-state index contributed by atoms with van der Waals surface area (Å²) in [6, 6.07) is 16.0. The lowest BCUT2D eigenvalue weighted by Gasteiger charge is -2.11. The standard InChI is InChI=1S/C20H23N3O/c1-14(2)12-22-13-15-5-3-7-17(11-15)23-10-9-16-6-4-8-18(19(16)23)20(21)24/h3-11,14,22H,12-13H2,1-2H3,(H2,21,24). The van der Waals surface area contributed by atoms with Gasteiger partial charge in [-0.2, -0.15) is 0 Å². The number of nitrogens with two attached hydrogens (primary N) is 1. The Hall–Kier alpha value is -2.59. The molecular formula is C20H23N3O. The minimum Gasteiger partial charge on any atom is -0.366 e. The van der Waals surface area contributed by atoms with Crippen LogP contribution in [0.3, 0.4) is 0 Å². The molecule has 0 fully saturated rings. The smallest absolute Gasteiger partial charge is 0.250 e. The molecule has 24 heavy (non-hydrogen) atoms. The van der Waals surface area contributed by atoms with Gasteiger partial charge in [-0.25, -0.2) is 0 Å². The first-order valence-corrected chi connectivity index (χ1v) is 8.26. The van der Waals surface area contributed by atoms with Crippen LogP contribution >= 0.6 is 0 Å². The van der Waals surface area contributed by atoms with E-state index in [0.29, 0.717) is 11.5 Å². The van der Waals surface area contributed by atoms with Crippen molar-refractivity contribution in [3.63, 3.8) is 0 Å². The number of nitrogens with one attached hydrogen (secondary N) is 1. The third kappa shape index (κ3) is 3.34. The summed E-state index contributed by atoms with van der Waals surface area (Å²) in [5.74, 6) is 0.218. The van der Waals surface area contributed by atoms with Gasteiger partial charge in [0.2, 0.25) is 0 Å². The summed E-state index contributed by atoms with van der Waals surface area (Å²) >= 11 is 0. The third-order valence-corrected chi connectivity index (χ3v) is 4.05. The van der Waals surface area contributed by atoms with E-state index in [2.05, 4.69) is 31.3 Å². The fourth-order valence-electron chi connectivity index (χ4n) is 2.93. The minimum absolute atomic E-state index is 0.407. The van der Waals surface area contributed by atoms with Crippen molar-refractivity contribution >= 4 is 16.8 Å². The lowest BCUT2D eigenvalue weighted by Crippen LogP contribution is -2.19. The molecule has 1 amide bonds. The lowest BCUT2D eigenvalue weighted by molar-refractivity contribution is 0.100. The number of primary amides is 1. The van der Waals surface area contributed by atoms with Gasteiger partial charge in [0.15, 0.2) is 0 Å². The second kappa shape index (κ2) is 6.89. The molecule has 0 saturated heterocycles. The first-order chi connectivity index (χ1) is 11.6. The number of rotatable bonds is 6. The van der Waals surface area contributed by atoms with Crippen LogP contribution in [0, 0.1) is 5.92 Å². The molecule has 0 saturated carbocycles. The molecule has 0 bridgehead atoms. The second-order valence-electron chi connectivity index (χ2n) is 6.49. The van der Waals surface area contributed by atoms with Gasteiger partial charge >= 0.3 is 0 Å². The number of carbonyl (C=O) groups is 1. The van der Waals surface area contributed by atoms with Crippen LogP contribution < -0.4 is 11.1 Å². The Kier molecular flexibility index (Phi) is 4.67. The zero-order chi connectivity index (χ0) is 17.1. The Labute approximate surface area is 142 Å². The van der Waals surface area contributed by atoms with Crippen molar-refractivity contribution in [2.75, 3.05) is 6.54 Å². The number of hydrogen-bond acceptors (Lipinski definition) is 2. The zero-order valence-electron chi connectivity index (χ0n) is 14.1. The normalized spacial score (nSPS) is 11.3. The summed E-state index contributed by atoms with van der Waals surface area (Å²) in [7, 11) is 0. The van der Waals surface area contributed by atoms with Gasteiger partial charge in [-0.05, 0) is 42.3 Å². The number of hydrogen-bond donors (Lipinski definition) is 2. The number of fused-ring (bicyclic) bond motifs is 1. The third-order valence-electron chi connectivity index (χ3n) is 4.05. The molecule has 0 spiro atoms. The van der Waals surface area contributed by atoms with Crippen molar-refractivity contribution in [1.82, 2.24) is 9.88 Å². The predicted molar refractivity (Wildman–Crippen MR) is 98.3 cm³/mol. The van der Waals surface area contributed by atoms with Crippen LogP contribution in [-0.2, 0) is 6.54 Å². The van der Waals surface area contributed by atoms with Gasteiger partial charge in [0.25, 0.3) is 5.91 Å². The highest BCUT2D eigenvalue weighted by Crippen LogP contribution is 2.24. The molecule has 1 aromatic heterocycles. The van der Waals surface area contributed by atoms with Gasteiger partial charge in [0.1, 0.15) is 0 Å². The van der Waals surface area contributed by atoms with Crippen LogP contribution in [-0.4, -0.2) is 17.0 Å². The van der Waals surface area contributed by atoms with Gasteiger partial charge in [-0.3, -0.25) is 4.79 Å². The summed E-state index contributed by atoms with van der Waals surface area (Å²) in [5.41, 5.74) is 9.19. The van der Waals surface area contributed by atoms with Gasteiger partial charge in [0.05, 0.1) is 11.1 Å². The maximum Gasteiger partial charge on any atom is 0.250 e. The van der Waals surface area contributed by atoms with E-state index < -0.39 is 5.91 Å². The number of aromatic nitrogens is 1. The van der Waals surface area contributed by atoms with Crippen LogP contribution in [0.15, 0.2) is 54.7 Å². The van der Waals surface area contributed by atoms with Gasteiger partial charge in [-0.1, -0.05) is 38.1 Å². The molecule has 0 aliphatic rings. The molecule has 4 heteroatoms. The molecule has 3 aromatic rings. The molecule has 3 rings (SSSR count). The van der Waals surface area contributed by atoms with Crippen LogP contribution in [0.25, 0.3) is 16.6 Å². The van der Waals surface area contributed by atoms with Crippen LogP contribution in [0.4, 0.5) is 0 Å². The minimum atomic E-state index is -0.407. The summed E-state index contributed by atoms with van der Waals surface area (Å²) in [4.78, 5) is 11.8. The van der Waals surface area contributed by atoms with Gasteiger partial charge < -0.3 is 15.6 Å². The Morgan fingerprint density at radius 2 is 1.96 bits per heavy atom. The predicted octanol–water partition coefficient (Wildman–Crippen LogP) is 3.48. The maximum absolute atomic E-state index is 11.8.